The summed E-state index contributed by atoms with van der Waals surface area (Å²) in [5.41, 5.74) is 3.40. The SMILES string of the molecule is C[C@@H](Sc1nnc(-c2ccccc2Cl)n1C)C(=O)N1CCc2ccccc2C1. The quantitative estimate of drug-likeness (QED) is 0.602. The Morgan fingerprint density at radius 3 is 2.61 bits per heavy atom. The van der Waals surface area contributed by atoms with Crippen LogP contribution in [0.4, 0.5) is 0 Å². The highest BCUT2D eigenvalue weighted by atomic mass is 35.5. The van der Waals surface area contributed by atoms with Crippen LogP contribution in [0.15, 0.2) is 53.7 Å². The molecular formula is C21H21ClN4OS. The fraction of sp³-hybridized carbons (Fsp3) is 0.286. The molecule has 0 saturated carbocycles. The summed E-state index contributed by atoms with van der Waals surface area (Å²) in [6, 6.07) is 15.9. The van der Waals surface area contributed by atoms with Crippen molar-refractivity contribution >= 4 is 29.3 Å². The lowest BCUT2D eigenvalue weighted by Gasteiger charge is -2.30. The maximum Gasteiger partial charge on any atom is 0.236 e. The number of carbonyl (C=O) groups excluding carboxylic acids is 1. The molecule has 1 amide bonds. The highest BCUT2D eigenvalue weighted by Gasteiger charge is 2.27. The first-order valence-electron chi connectivity index (χ1n) is 9.21. The number of rotatable bonds is 4. The summed E-state index contributed by atoms with van der Waals surface area (Å²) in [7, 11) is 1.90. The van der Waals surface area contributed by atoms with E-state index in [9.17, 15) is 4.79 Å². The average Bonchev–Trinajstić information content (AvgIpc) is 3.07. The summed E-state index contributed by atoms with van der Waals surface area (Å²) < 4.78 is 1.89. The number of nitrogens with zero attached hydrogens (tertiary/aromatic N) is 4. The molecule has 0 N–H and O–H groups in total. The van der Waals surface area contributed by atoms with Crippen molar-refractivity contribution < 1.29 is 4.79 Å². The molecule has 1 aliphatic heterocycles. The topological polar surface area (TPSA) is 51.0 Å². The Bertz CT molecular complexity index is 1020. The zero-order valence-corrected chi connectivity index (χ0v) is 17.4. The van der Waals surface area contributed by atoms with Crippen molar-refractivity contribution in [3.05, 3.63) is 64.7 Å². The third kappa shape index (κ3) is 3.66. The van der Waals surface area contributed by atoms with Gasteiger partial charge in [0.25, 0.3) is 0 Å². The van der Waals surface area contributed by atoms with Crippen LogP contribution in [0.5, 0.6) is 0 Å². The van der Waals surface area contributed by atoms with Crippen LogP contribution in [0, 0.1) is 0 Å². The molecular weight excluding hydrogens is 392 g/mol. The molecule has 0 spiro atoms. The van der Waals surface area contributed by atoms with Crippen molar-refractivity contribution in [1.82, 2.24) is 19.7 Å². The highest BCUT2D eigenvalue weighted by molar-refractivity contribution is 8.00. The monoisotopic (exact) mass is 412 g/mol. The maximum absolute atomic E-state index is 13.0. The Hall–Kier alpha value is -2.31. The van der Waals surface area contributed by atoms with Crippen LogP contribution in [0.3, 0.4) is 0 Å². The van der Waals surface area contributed by atoms with Crippen molar-refractivity contribution in [2.24, 2.45) is 7.05 Å². The number of hydrogen-bond acceptors (Lipinski definition) is 4. The first kappa shape index (κ1) is 19.0. The van der Waals surface area contributed by atoms with Crippen molar-refractivity contribution in [2.45, 2.75) is 30.3 Å². The average molecular weight is 413 g/mol. The molecule has 0 radical (unpaired) electrons. The van der Waals surface area contributed by atoms with Crippen LogP contribution in [0.25, 0.3) is 11.4 Å². The second-order valence-electron chi connectivity index (χ2n) is 6.88. The van der Waals surface area contributed by atoms with Crippen LogP contribution in [-0.4, -0.2) is 37.4 Å². The largest absolute Gasteiger partial charge is 0.337 e. The van der Waals surface area contributed by atoms with Crippen LogP contribution < -0.4 is 0 Å². The maximum atomic E-state index is 13.0. The lowest BCUT2D eigenvalue weighted by molar-refractivity contribution is -0.131. The van der Waals surface area contributed by atoms with Gasteiger partial charge in [-0.25, -0.2) is 0 Å². The van der Waals surface area contributed by atoms with Gasteiger partial charge in [-0.05, 0) is 36.6 Å². The van der Waals surface area contributed by atoms with Gasteiger partial charge < -0.3 is 9.47 Å². The third-order valence-corrected chi connectivity index (χ3v) is 6.47. The van der Waals surface area contributed by atoms with Crippen LogP contribution in [0.2, 0.25) is 5.02 Å². The lowest BCUT2D eigenvalue weighted by atomic mass is 10.00. The predicted molar refractivity (Wildman–Crippen MR) is 112 cm³/mol. The first-order valence-corrected chi connectivity index (χ1v) is 10.5. The Kier molecular flexibility index (Phi) is 5.42. The van der Waals surface area contributed by atoms with Gasteiger partial charge in [-0.1, -0.05) is 59.8 Å². The number of halogens is 1. The molecule has 1 aromatic heterocycles. The van der Waals surface area contributed by atoms with E-state index in [1.165, 1.54) is 22.9 Å². The fourth-order valence-corrected chi connectivity index (χ4v) is 4.56. The van der Waals surface area contributed by atoms with E-state index >= 15 is 0 Å². The van der Waals surface area contributed by atoms with E-state index in [2.05, 4.69) is 28.4 Å². The molecule has 2 heterocycles. The van der Waals surface area contributed by atoms with E-state index in [1.54, 1.807) is 0 Å². The second-order valence-corrected chi connectivity index (χ2v) is 8.60. The van der Waals surface area contributed by atoms with E-state index in [-0.39, 0.29) is 11.2 Å². The number of benzene rings is 2. The fourth-order valence-electron chi connectivity index (χ4n) is 3.44. The molecule has 28 heavy (non-hydrogen) atoms. The molecule has 5 nitrogen and oxygen atoms in total. The van der Waals surface area contributed by atoms with E-state index < -0.39 is 0 Å². The van der Waals surface area contributed by atoms with Gasteiger partial charge in [0.05, 0.1) is 10.3 Å². The molecule has 7 heteroatoms. The molecule has 1 aliphatic rings. The summed E-state index contributed by atoms with van der Waals surface area (Å²) >= 11 is 7.72. The van der Waals surface area contributed by atoms with Gasteiger partial charge in [0, 0.05) is 25.7 Å². The molecule has 4 rings (SSSR count). The second kappa shape index (κ2) is 7.97. The highest BCUT2D eigenvalue weighted by Crippen LogP contribution is 2.30. The van der Waals surface area contributed by atoms with Gasteiger partial charge in [-0.15, -0.1) is 10.2 Å². The number of carbonyl (C=O) groups is 1. The van der Waals surface area contributed by atoms with E-state index in [0.29, 0.717) is 22.5 Å². The number of aromatic nitrogens is 3. The van der Waals surface area contributed by atoms with Gasteiger partial charge in [-0.3, -0.25) is 4.79 Å². The minimum Gasteiger partial charge on any atom is -0.337 e. The Balaban J connectivity index is 1.48. The van der Waals surface area contributed by atoms with E-state index in [0.717, 1.165) is 18.5 Å². The van der Waals surface area contributed by atoms with Crippen molar-refractivity contribution in [2.75, 3.05) is 6.54 Å². The molecule has 0 fully saturated rings. The van der Waals surface area contributed by atoms with E-state index in [1.807, 2.05) is 53.8 Å². The summed E-state index contributed by atoms with van der Waals surface area (Å²) in [4.78, 5) is 14.9. The van der Waals surface area contributed by atoms with Crippen molar-refractivity contribution in [3.8, 4) is 11.4 Å². The molecule has 1 atom stereocenters. The Labute approximate surface area is 173 Å². The summed E-state index contributed by atoms with van der Waals surface area (Å²) in [5, 5.41) is 9.66. The normalized spacial score (nSPS) is 14.6. The summed E-state index contributed by atoms with van der Waals surface area (Å²) in [6.07, 6.45) is 0.903. The minimum absolute atomic E-state index is 0.127. The predicted octanol–water partition coefficient (Wildman–Crippen LogP) is 4.20. The molecule has 0 saturated heterocycles. The number of thioether (sulfide) groups is 1. The molecule has 2 aromatic carbocycles. The van der Waals surface area contributed by atoms with Gasteiger partial charge in [0.1, 0.15) is 0 Å². The minimum atomic E-state index is -0.243. The zero-order valence-electron chi connectivity index (χ0n) is 15.8. The lowest BCUT2D eigenvalue weighted by Crippen LogP contribution is -2.40. The first-order chi connectivity index (χ1) is 13.5. The molecule has 0 bridgehead atoms. The number of hydrogen-bond donors (Lipinski definition) is 0. The van der Waals surface area contributed by atoms with Crippen LogP contribution in [-0.2, 0) is 24.8 Å². The van der Waals surface area contributed by atoms with Crippen LogP contribution >= 0.6 is 23.4 Å². The molecule has 3 aromatic rings. The van der Waals surface area contributed by atoms with Crippen LogP contribution in [0.1, 0.15) is 18.1 Å². The van der Waals surface area contributed by atoms with Crippen molar-refractivity contribution in [1.29, 1.82) is 0 Å². The smallest absolute Gasteiger partial charge is 0.236 e. The van der Waals surface area contributed by atoms with Crippen molar-refractivity contribution in [3.63, 3.8) is 0 Å². The number of fused-ring (bicyclic) bond motifs is 1. The van der Waals surface area contributed by atoms with E-state index in [4.69, 9.17) is 11.6 Å². The molecule has 144 valence electrons. The molecule has 0 unspecified atom stereocenters. The zero-order chi connectivity index (χ0) is 19.7. The van der Waals surface area contributed by atoms with Gasteiger partial charge in [0.15, 0.2) is 11.0 Å². The Morgan fingerprint density at radius 1 is 1.11 bits per heavy atom. The standard InChI is InChI=1S/C21H21ClN4OS/c1-14(20(27)26-12-11-15-7-3-4-8-16(15)13-26)28-21-24-23-19(25(21)2)17-9-5-6-10-18(17)22/h3-10,14H,11-13H2,1-2H3/t14-/m1/s1. The third-order valence-electron chi connectivity index (χ3n) is 5.02. The van der Waals surface area contributed by atoms with Gasteiger partial charge in [0.2, 0.25) is 5.91 Å². The van der Waals surface area contributed by atoms with Gasteiger partial charge >= 0.3 is 0 Å². The summed E-state index contributed by atoms with van der Waals surface area (Å²) in [6.45, 7) is 3.35. The molecule has 0 aliphatic carbocycles. The van der Waals surface area contributed by atoms with Gasteiger partial charge in [-0.2, -0.15) is 0 Å². The Morgan fingerprint density at radius 2 is 1.82 bits per heavy atom. The summed E-state index contributed by atoms with van der Waals surface area (Å²) in [5.74, 6) is 0.821. The number of amides is 1.